The summed E-state index contributed by atoms with van der Waals surface area (Å²) in [6.07, 6.45) is 9.09. The smallest absolute Gasteiger partial charge is 0.277 e. The third-order valence-electron chi connectivity index (χ3n) is 4.45. The summed E-state index contributed by atoms with van der Waals surface area (Å²) >= 11 is 0. The van der Waals surface area contributed by atoms with Gasteiger partial charge in [-0.2, -0.15) is 10.2 Å². The molecule has 0 fully saturated rings. The fourth-order valence-corrected chi connectivity index (χ4v) is 3.02. The van der Waals surface area contributed by atoms with Crippen molar-refractivity contribution in [3.63, 3.8) is 0 Å². The third kappa shape index (κ3) is 3.91. The Morgan fingerprint density at radius 2 is 2.04 bits per heavy atom. The van der Waals surface area contributed by atoms with Crippen molar-refractivity contribution in [2.24, 2.45) is 0 Å². The minimum atomic E-state index is -0.643. The van der Waals surface area contributed by atoms with Crippen molar-refractivity contribution in [3.05, 3.63) is 91.8 Å². The van der Waals surface area contributed by atoms with Gasteiger partial charge in [0.1, 0.15) is 17.7 Å². The molecule has 1 heterocycles. The second-order valence-electron chi connectivity index (χ2n) is 6.57. The number of nitriles is 1. The predicted molar refractivity (Wildman–Crippen MR) is 104 cm³/mol. The van der Waals surface area contributed by atoms with Gasteiger partial charge in [-0.15, -0.1) is 0 Å². The molecule has 0 bridgehead atoms. The number of rotatable bonds is 3. The van der Waals surface area contributed by atoms with Crippen LogP contribution in [0.15, 0.2) is 57.7 Å². The van der Waals surface area contributed by atoms with Crippen LogP contribution in [0.1, 0.15) is 36.7 Å². The zero-order valence-corrected chi connectivity index (χ0v) is 15.6. The van der Waals surface area contributed by atoms with Crippen LogP contribution in [0.25, 0.3) is 5.70 Å². The monoisotopic (exact) mass is 378 g/mol. The van der Waals surface area contributed by atoms with Crippen LogP contribution in [0.5, 0.6) is 0 Å². The van der Waals surface area contributed by atoms with Crippen molar-refractivity contribution < 1.29 is 4.39 Å². The van der Waals surface area contributed by atoms with Gasteiger partial charge in [0.25, 0.3) is 0 Å². The molecule has 7 heteroatoms. The van der Waals surface area contributed by atoms with Gasteiger partial charge < -0.3 is 0 Å². The van der Waals surface area contributed by atoms with E-state index in [1.54, 1.807) is 19.1 Å². The average molecular weight is 378 g/mol. The molecular weight excluding hydrogens is 359 g/mol. The molecular formula is C21H19FN4O2. The van der Waals surface area contributed by atoms with E-state index in [-0.39, 0.29) is 17.9 Å². The zero-order valence-electron chi connectivity index (χ0n) is 15.6. The van der Waals surface area contributed by atoms with E-state index in [0.717, 1.165) is 16.6 Å². The number of halogens is 1. The van der Waals surface area contributed by atoms with E-state index in [0.29, 0.717) is 17.7 Å². The van der Waals surface area contributed by atoms with E-state index < -0.39 is 17.2 Å². The highest BCUT2D eigenvalue weighted by Gasteiger charge is 2.14. The van der Waals surface area contributed by atoms with Crippen LogP contribution in [0, 0.1) is 24.1 Å². The van der Waals surface area contributed by atoms with Gasteiger partial charge in [0, 0.05) is 0 Å². The van der Waals surface area contributed by atoms with Crippen LogP contribution in [-0.4, -0.2) is 14.1 Å². The van der Waals surface area contributed by atoms with Crippen LogP contribution in [-0.2, 0) is 6.54 Å². The zero-order chi connectivity index (χ0) is 20.3. The Bertz CT molecular complexity index is 1180. The lowest BCUT2D eigenvalue weighted by Crippen LogP contribution is -2.42. The predicted octanol–water partition coefficient (Wildman–Crippen LogP) is 2.91. The molecule has 1 aromatic carbocycles. The molecule has 6 nitrogen and oxygen atoms in total. The van der Waals surface area contributed by atoms with E-state index in [1.807, 2.05) is 25.2 Å². The van der Waals surface area contributed by atoms with Gasteiger partial charge >= 0.3 is 11.4 Å². The van der Waals surface area contributed by atoms with Crippen LogP contribution >= 0.6 is 0 Å². The molecule has 142 valence electrons. The van der Waals surface area contributed by atoms with Crippen LogP contribution < -0.4 is 11.4 Å². The Balaban J connectivity index is 2.12. The van der Waals surface area contributed by atoms with Gasteiger partial charge in [0.2, 0.25) is 0 Å². The topological polar surface area (TPSA) is 80.7 Å². The molecule has 0 N–H and O–H groups in total. The minimum Gasteiger partial charge on any atom is -0.277 e. The number of nitrogens with zero attached hydrogens (tertiary/aromatic N) is 4. The molecule has 28 heavy (non-hydrogen) atoms. The summed E-state index contributed by atoms with van der Waals surface area (Å²) in [4.78, 5) is 29.6. The first kappa shape index (κ1) is 19.2. The van der Waals surface area contributed by atoms with Gasteiger partial charge in [-0.25, -0.2) is 18.5 Å². The minimum absolute atomic E-state index is 0.0722. The van der Waals surface area contributed by atoms with E-state index in [9.17, 15) is 14.0 Å². The lowest BCUT2D eigenvalue weighted by atomic mass is 10.1. The van der Waals surface area contributed by atoms with Crippen molar-refractivity contribution in [1.29, 1.82) is 5.26 Å². The molecule has 1 aliphatic carbocycles. The highest BCUT2D eigenvalue weighted by Crippen LogP contribution is 2.14. The second kappa shape index (κ2) is 8.01. The van der Waals surface area contributed by atoms with Crippen molar-refractivity contribution >= 4 is 5.70 Å². The van der Waals surface area contributed by atoms with Crippen molar-refractivity contribution in [1.82, 2.24) is 14.1 Å². The maximum atomic E-state index is 13.6. The van der Waals surface area contributed by atoms with Gasteiger partial charge in [-0.05, 0) is 56.0 Å². The molecule has 0 spiro atoms. The fourth-order valence-electron chi connectivity index (χ4n) is 3.02. The van der Waals surface area contributed by atoms with E-state index in [1.165, 1.54) is 22.8 Å². The summed E-state index contributed by atoms with van der Waals surface area (Å²) in [5, 5.41) is 9.01. The Morgan fingerprint density at radius 1 is 1.25 bits per heavy atom. The first-order valence-corrected chi connectivity index (χ1v) is 8.85. The maximum Gasteiger partial charge on any atom is 0.358 e. The summed E-state index contributed by atoms with van der Waals surface area (Å²) in [5.74, 6) is -0.368. The Morgan fingerprint density at radius 3 is 2.79 bits per heavy atom. The van der Waals surface area contributed by atoms with E-state index >= 15 is 0 Å². The lowest BCUT2D eigenvalue weighted by molar-refractivity contribution is 0.612. The highest BCUT2D eigenvalue weighted by atomic mass is 19.1. The van der Waals surface area contributed by atoms with Crippen molar-refractivity contribution in [2.75, 3.05) is 0 Å². The molecule has 0 radical (unpaired) electrons. The molecule has 3 rings (SSSR count). The first-order chi connectivity index (χ1) is 13.4. The van der Waals surface area contributed by atoms with Crippen LogP contribution in [0.2, 0.25) is 0 Å². The summed E-state index contributed by atoms with van der Waals surface area (Å²) in [7, 11) is 0. The molecule has 1 aromatic heterocycles. The van der Waals surface area contributed by atoms with Gasteiger partial charge in [0.05, 0.1) is 17.8 Å². The average Bonchev–Trinajstić information content (AvgIpc) is 2.63. The number of aryl methyl sites for hydroxylation is 1. The summed E-state index contributed by atoms with van der Waals surface area (Å²) < 4.78 is 16.0. The van der Waals surface area contributed by atoms with E-state index in [4.69, 9.17) is 5.26 Å². The highest BCUT2D eigenvalue weighted by molar-refractivity contribution is 5.59. The molecule has 0 atom stereocenters. The lowest BCUT2D eigenvalue weighted by Gasteiger charge is -2.14. The maximum absolute atomic E-state index is 13.6. The van der Waals surface area contributed by atoms with Gasteiger partial charge in [0.15, 0.2) is 0 Å². The molecule has 1 aliphatic rings. The summed E-state index contributed by atoms with van der Waals surface area (Å²) in [6.45, 7) is 3.53. The first-order valence-electron chi connectivity index (χ1n) is 8.85. The molecule has 0 unspecified atom stereocenters. The Hall–Kier alpha value is -3.53. The quantitative estimate of drug-likeness (QED) is 0.822. The molecule has 0 saturated heterocycles. The third-order valence-corrected chi connectivity index (χ3v) is 4.45. The Kier molecular flexibility index (Phi) is 5.50. The molecule has 0 aliphatic heterocycles. The fraction of sp³-hybridized carbons (Fsp3) is 0.238. The largest absolute Gasteiger partial charge is 0.358 e. The summed E-state index contributed by atoms with van der Waals surface area (Å²) in [6, 6.07) is 5.86. The van der Waals surface area contributed by atoms with Crippen molar-refractivity contribution in [3.8, 4) is 6.07 Å². The van der Waals surface area contributed by atoms with E-state index in [2.05, 4.69) is 4.98 Å². The summed E-state index contributed by atoms with van der Waals surface area (Å²) in [5.41, 5.74) is 0.695. The molecule has 0 amide bonds. The van der Waals surface area contributed by atoms with Crippen LogP contribution in [0.3, 0.4) is 0 Å². The molecule has 2 aromatic rings. The number of hydrogen-bond acceptors (Lipinski definition) is 4. The number of hydrogen-bond donors (Lipinski definition) is 0. The standard InChI is InChI=1S/C21H19FN4O2/c1-14-6-4-3-5-7-18(10-14)26-20(27)24-15(2)25(21(26)28)13-16-8-9-19(22)17(11-16)12-23/h4,6-11H,3,5,13H2,1-2H3/b6-4?,14-10?,18-7+. The molecule has 0 saturated carbocycles. The second-order valence-corrected chi connectivity index (χ2v) is 6.57. The van der Waals surface area contributed by atoms with Crippen LogP contribution in [0.4, 0.5) is 4.39 Å². The van der Waals surface area contributed by atoms with Gasteiger partial charge in [-0.1, -0.05) is 24.3 Å². The normalized spacial score (nSPS) is 15.8. The number of allylic oxidation sites excluding steroid dienone is 6. The number of aromatic nitrogens is 3. The SMILES string of the molecule is CC1=C/C(n2c(=O)nc(C)n(Cc3ccc(F)c(C#N)c3)c2=O)=C\CCC=C1. The van der Waals surface area contributed by atoms with Gasteiger partial charge in [-0.3, -0.25) is 4.57 Å². The van der Waals surface area contributed by atoms with Crippen molar-refractivity contribution in [2.45, 2.75) is 33.2 Å². The number of benzene rings is 1. The Labute approximate surface area is 161 Å².